The van der Waals surface area contributed by atoms with E-state index >= 15 is 0 Å². The van der Waals surface area contributed by atoms with Crippen LogP contribution in [0.4, 0.5) is 5.69 Å². The number of carbonyl (C=O) groups is 1. The average molecular weight is 480 g/mol. The van der Waals surface area contributed by atoms with E-state index in [0.29, 0.717) is 50.7 Å². The summed E-state index contributed by atoms with van der Waals surface area (Å²) < 4.78 is 18.3. The van der Waals surface area contributed by atoms with Crippen molar-refractivity contribution >= 4 is 23.4 Å². The van der Waals surface area contributed by atoms with Gasteiger partial charge in [-0.1, -0.05) is 36.9 Å². The van der Waals surface area contributed by atoms with Crippen molar-refractivity contribution in [3.05, 3.63) is 65.0 Å². The molecule has 3 heterocycles. The molecule has 5 rings (SSSR count). The topological polar surface area (TPSA) is 97.6 Å². The van der Waals surface area contributed by atoms with Crippen LogP contribution in [0.2, 0.25) is 0 Å². The van der Waals surface area contributed by atoms with Gasteiger partial charge < -0.3 is 14.2 Å². The van der Waals surface area contributed by atoms with Crippen LogP contribution in [0.1, 0.15) is 25.1 Å². The number of benzene rings is 2. The van der Waals surface area contributed by atoms with E-state index in [1.54, 1.807) is 41.8 Å². The molecule has 1 atom stereocenters. The summed E-state index contributed by atoms with van der Waals surface area (Å²) in [5.74, 6) is 1.93. The third kappa shape index (κ3) is 3.50. The zero-order valence-electron chi connectivity index (χ0n) is 18.7. The molecule has 1 aromatic heterocycles. The van der Waals surface area contributed by atoms with Gasteiger partial charge in [0, 0.05) is 17.3 Å². The minimum absolute atomic E-state index is 0.0737. The fourth-order valence-corrected chi connectivity index (χ4v) is 4.80. The Bertz CT molecular complexity index is 1360. The highest BCUT2D eigenvalue weighted by atomic mass is 32.2. The minimum atomic E-state index is -0.744. The second kappa shape index (κ2) is 8.86. The van der Waals surface area contributed by atoms with E-state index < -0.39 is 6.17 Å². The molecular formula is C24H23N4O5S+. The van der Waals surface area contributed by atoms with Crippen molar-refractivity contribution < 1.29 is 23.7 Å². The van der Waals surface area contributed by atoms with Crippen molar-refractivity contribution in [1.82, 2.24) is 10.1 Å². The SMILES string of the molecule is C=CCSc1n[n+]2c(c(=O)[nH]1)-c1ccccc1N(C(=O)CC)[C@H]2c1cc(OC)c2c(c1)OCO2. The molecule has 2 aromatic carbocycles. The average Bonchev–Trinajstić information content (AvgIpc) is 3.34. The molecule has 2 aliphatic heterocycles. The zero-order chi connectivity index (χ0) is 23.8. The standard InChI is InChI=1S/C24H22N4O5S/c1-4-10-34-24-25-22(30)20-15-8-6-7-9-16(15)27(19(29)5-2)23(28(20)26-24)14-11-17(31-3)21-18(12-14)32-13-33-21/h4,6-9,11-12,23H,1,5,10,13H2,2-3H3/p+1/t23-/m1/s1. The van der Waals surface area contributed by atoms with Gasteiger partial charge in [-0.2, -0.15) is 0 Å². The predicted octanol–water partition coefficient (Wildman–Crippen LogP) is 3.04. The molecule has 0 unspecified atom stereocenters. The molecule has 10 heteroatoms. The maximum Gasteiger partial charge on any atom is 0.325 e. The van der Waals surface area contributed by atoms with Gasteiger partial charge >= 0.3 is 11.3 Å². The van der Waals surface area contributed by atoms with Crippen molar-refractivity contribution in [3.63, 3.8) is 0 Å². The molecule has 0 bridgehead atoms. The molecular weight excluding hydrogens is 456 g/mol. The van der Waals surface area contributed by atoms with E-state index in [4.69, 9.17) is 19.3 Å². The Kier molecular flexibility index (Phi) is 5.74. The van der Waals surface area contributed by atoms with Gasteiger partial charge in [-0.3, -0.25) is 14.6 Å². The number of rotatable bonds is 6. The summed E-state index contributed by atoms with van der Waals surface area (Å²) in [5.41, 5.74) is 1.99. The zero-order valence-corrected chi connectivity index (χ0v) is 19.6. The first-order valence-electron chi connectivity index (χ1n) is 10.8. The number of aromatic amines is 1. The Hall–Kier alpha value is -3.79. The van der Waals surface area contributed by atoms with Crippen LogP contribution in [0.15, 0.2) is 59.0 Å². The van der Waals surface area contributed by atoms with Crippen molar-refractivity contribution in [3.8, 4) is 28.5 Å². The molecule has 3 aromatic rings. The summed E-state index contributed by atoms with van der Waals surface area (Å²) in [6, 6.07) is 10.9. The number of nitrogens with zero attached hydrogens (tertiary/aromatic N) is 3. The fourth-order valence-electron chi connectivity index (χ4n) is 4.21. The van der Waals surface area contributed by atoms with Gasteiger partial charge in [-0.15, -0.1) is 6.58 Å². The first-order chi connectivity index (χ1) is 16.6. The number of amides is 1. The number of H-pyrrole nitrogens is 1. The second-order valence-electron chi connectivity index (χ2n) is 7.62. The summed E-state index contributed by atoms with van der Waals surface area (Å²) in [7, 11) is 1.54. The molecule has 9 nitrogen and oxygen atoms in total. The quantitative estimate of drug-likeness (QED) is 0.330. The first kappa shape index (κ1) is 22.0. The number of hydrogen-bond donors (Lipinski definition) is 1. The molecule has 0 radical (unpaired) electrons. The highest BCUT2D eigenvalue weighted by Gasteiger charge is 2.46. The molecule has 0 saturated carbocycles. The van der Waals surface area contributed by atoms with E-state index in [1.807, 2.05) is 24.3 Å². The number of anilines is 1. The largest absolute Gasteiger partial charge is 0.493 e. The number of aromatic nitrogens is 3. The Morgan fingerprint density at radius 1 is 1.38 bits per heavy atom. The van der Waals surface area contributed by atoms with Crippen molar-refractivity contribution in [2.75, 3.05) is 24.6 Å². The van der Waals surface area contributed by atoms with Gasteiger partial charge in [0.05, 0.1) is 23.9 Å². The summed E-state index contributed by atoms with van der Waals surface area (Å²) in [5, 5.41) is 5.18. The molecule has 1 amide bonds. The Balaban J connectivity index is 1.81. The molecule has 0 fully saturated rings. The van der Waals surface area contributed by atoms with E-state index in [1.165, 1.54) is 11.8 Å². The van der Waals surface area contributed by atoms with Gasteiger partial charge in [0.1, 0.15) is 0 Å². The van der Waals surface area contributed by atoms with E-state index in [9.17, 15) is 9.59 Å². The first-order valence-corrected chi connectivity index (χ1v) is 11.7. The lowest BCUT2D eigenvalue weighted by molar-refractivity contribution is -0.763. The Labute approximate surface area is 200 Å². The summed E-state index contributed by atoms with van der Waals surface area (Å²) >= 11 is 1.35. The Morgan fingerprint density at radius 2 is 2.21 bits per heavy atom. The molecule has 34 heavy (non-hydrogen) atoms. The summed E-state index contributed by atoms with van der Waals surface area (Å²) in [6.07, 6.45) is 1.26. The maximum absolute atomic E-state index is 13.3. The molecule has 0 aliphatic carbocycles. The number of thioether (sulfide) groups is 1. The van der Waals surface area contributed by atoms with Gasteiger partial charge in [-0.05, 0) is 28.9 Å². The predicted molar refractivity (Wildman–Crippen MR) is 126 cm³/mol. The third-order valence-corrected chi connectivity index (χ3v) is 6.51. The monoisotopic (exact) mass is 479 g/mol. The molecule has 0 saturated heterocycles. The van der Waals surface area contributed by atoms with Crippen molar-refractivity contribution in [1.29, 1.82) is 0 Å². The Morgan fingerprint density at radius 3 is 2.97 bits per heavy atom. The van der Waals surface area contributed by atoms with Crippen LogP contribution in [0.5, 0.6) is 17.2 Å². The van der Waals surface area contributed by atoms with E-state index in [0.717, 1.165) is 0 Å². The lowest BCUT2D eigenvalue weighted by Gasteiger charge is -2.32. The van der Waals surface area contributed by atoms with Crippen LogP contribution in [0.3, 0.4) is 0 Å². The van der Waals surface area contributed by atoms with Crippen LogP contribution < -0.4 is 29.4 Å². The van der Waals surface area contributed by atoms with Gasteiger partial charge in [-0.25, -0.2) is 4.90 Å². The lowest BCUT2D eigenvalue weighted by atomic mass is 10.0. The highest BCUT2D eigenvalue weighted by molar-refractivity contribution is 7.99. The van der Waals surface area contributed by atoms with Gasteiger partial charge in [0.25, 0.3) is 6.17 Å². The van der Waals surface area contributed by atoms with E-state index in [2.05, 4.69) is 11.6 Å². The lowest BCUT2D eigenvalue weighted by Crippen LogP contribution is -2.60. The molecule has 1 N–H and O–H groups in total. The number of fused-ring (bicyclic) bond motifs is 4. The molecule has 0 spiro atoms. The maximum atomic E-state index is 13.3. The fraction of sp³-hybridized carbons (Fsp3) is 0.250. The van der Waals surface area contributed by atoms with Crippen molar-refractivity contribution in [2.24, 2.45) is 0 Å². The number of para-hydroxylation sites is 1. The second-order valence-corrected chi connectivity index (χ2v) is 8.63. The van der Waals surface area contributed by atoms with Crippen LogP contribution in [-0.4, -0.2) is 35.6 Å². The summed E-state index contributed by atoms with van der Waals surface area (Å²) in [6.45, 7) is 5.61. The van der Waals surface area contributed by atoms with Crippen LogP contribution in [0, 0.1) is 0 Å². The normalized spacial score (nSPS) is 15.5. The van der Waals surface area contributed by atoms with E-state index in [-0.39, 0.29) is 24.7 Å². The number of carbonyl (C=O) groups excluding carboxylic acids is 1. The number of ether oxygens (including phenoxy) is 3. The highest BCUT2D eigenvalue weighted by Crippen LogP contribution is 2.45. The van der Waals surface area contributed by atoms with Crippen LogP contribution in [-0.2, 0) is 4.79 Å². The molecule has 174 valence electrons. The molecule has 2 aliphatic rings. The van der Waals surface area contributed by atoms with Gasteiger partial charge in [0.15, 0.2) is 11.5 Å². The minimum Gasteiger partial charge on any atom is -0.493 e. The summed E-state index contributed by atoms with van der Waals surface area (Å²) in [4.78, 5) is 31.2. The number of nitrogens with one attached hydrogen (secondary N) is 1. The van der Waals surface area contributed by atoms with Crippen molar-refractivity contribution in [2.45, 2.75) is 24.7 Å². The van der Waals surface area contributed by atoms with Crippen LogP contribution >= 0.6 is 11.8 Å². The van der Waals surface area contributed by atoms with Crippen LogP contribution in [0.25, 0.3) is 11.3 Å². The smallest absolute Gasteiger partial charge is 0.325 e. The third-order valence-electron chi connectivity index (χ3n) is 5.65. The van der Waals surface area contributed by atoms with Gasteiger partial charge in [0.2, 0.25) is 23.6 Å². The number of methoxy groups -OCH3 is 1. The number of hydrogen-bond acceptors (Lipinski definition) is 7.